The highest BCUT2D eigenvalue weighted by molar-refractivity contribution is 7.09. The Hall–Kier alpha value is -1.43. The van der Waals surface area contributed by atoms with E-state index in [-0.39, 0.29) is 23.8 Å². The molecule has 0 radical (unpaired) electrons. The summed E-state index contributed by atoms with van der Waals surface area (Å²) >= 11 is 1.66. The summed E-state index contributed by atoms with van der Waals surface area (Å²) in [7, 11) is 0. The molecule has 1 aromatic rings. The van der Waals surface area contributed by atoms with E-state index in [9.17, 15) is 9.59 Å². The van der Waals surface area contributed by atoms with E-state index in [1.807, 2.05) is 16.7 Å². The van der Waals surface area contributed by atoms with Crippen LogP contribution < -0.4 is 0 Å². The smallest absolute Gasteiger partial charge is 0.228 e. The summed E-state index contributed by atoms with van der Waals surface area (Å²) < 4.78 is 0. The Labute approximate surface area is 147 Å². The molecule has 5 nitrogen and oxygen atoms in total. The predicted octanol–water partition coefficient (Wildman–Crippen LogP) is 2.76. The zero-order chi connectivity index (χ0) is 16.7. The van der Waals surface area contributed by atoms with E-state index in [1.165, 1.54) is 12.8 Å². The van der Waals surface area contributed by atoms with Gasteiger partial charge in [0.25, 0.3) is 0 Å². The first-order chi connectivity index (χ1) is 11.6. The molecule has 2 saturated heterocycles. The lowest BCUT2D eigenvalue weighted by Crippen LogP contribution is -2.42. The number of nitrogens with zero attached hydrogens (tertiary/aromatic N) is 3. The number of aryl methyl sites for hydroxylation is 1. The quantitative estimate of drug-likeness (QED) is 0.841. The number of thiazole rings is 1. The number of rotatable bonds is 4. The molecule has 0 N–H and O–H groups in total. The first-order valence-electron chi connectivity index (χ1n) is 9.12. The average molecular weight is 347 g/mol. The standard InChI is InChI=1S/C18H25N3O2S/c1-12-11-24-17(19-12)15-4-2-3-7-21(15)18(23)14-8-16(22)20(10-14)9-13-5-6-13/h11,13-15H,2-10H2,1H3/t14-,15+/m0/s1. The summed E-state index contributed by atoms with van der Waals surface area (Å²) in [6, 6.07) is 0.109. The van der Waals surface area contributed by atoms with E-state index in [0.717, 1.165) is 43.1 Å². The molecular weight excluding hydrogens is 322 g/mol. The van der Waals surface area contributed by atoms with Crippen LogP contribution in [0.4, 0.5) is 0 Å². The maximum atomic E-state index is 13.1. The largest absolute Gasteiger partial charge is 0.342 e. The molecule has 130 valence electrons. The van der Waals surface area contributed by atoms with Gasteiger partial charge in [-0.3, -0.25) is 9.59 Å². The van der Waals surface area contributed by atoms with Crippen molar-refractivity contribution in [3.8, 4) is 0 Å². The molecule has 1 saturated carbocycles. The zero-order valence-corrected chi connectivity index (χ0v) is 15.1. The second-order valence-corrected chi connectivity index (χ2v) is 8.40. The average Bonchev–Trinajstić information content (AvgIpc) is 3.18. The van der Waals surface area contributed by atoms with Crippen LogP contribution in [0.15, 0.2) is 5.38 Å². The fraction of sp³-hybridized carbons (Fsp3) is 0.722. The highest BCUT2D eigenvalue weighted by Gasteiger charge is 2.41. The third kappa shape index (κ3) is 3.21. The maximum Gasteiger partial charge on any atom is 0.228 e. The summed E-state index contributed by atoms with van der Waals surface area (Å²) in [5.74, 6) is 0.861. The van der Waals surface area contributed by atoms with Crippen molar-refractivity contribution in [2.75, 3.05) is 19.6 Å². The van der Waals surface area contributed by atoms with Gasteiger partial charge in [-0.2, -0.15) is 0 Å². The molecule has 0 aromatic carbocycles. The highest BCUT2D eigenvalue weighted by Crippen LogP contribution is 2.36. The lowest BCUT2D eigenvalue weighted by Gasteiger charge is -2.36. The van der Waals surface area contributed by atoms with E-state index in [4.69, 9.17) is 0 Å². The third-order valence-electron chi connectivity index (χ3n) is 5.45. The van der Waals surface area contributed by atoms with Crippen LogP contribution >= 0.6 is 11.3 Å². The Kier molecular flexibility index (Phi) is 4.33. The minimum Gasteiger partial charge on any atom is -0.342 e. The van der Waals surface area contributed by atoms with Crippen LogP contribution in [0.5, 0.6) is 0 Å². The number of amides is 2. The molecular formula is C18H25N3O2S. The predicted molar refractivity (Wildman–Crippen MR) is 92.6 cm³/mol. The Balaban J connectivity index is 1.46. The van der Waals surface area contributed by atoms with Gasteiger partial charge in [0.1, 0.15) is 5.01 Å². The van der Waals surface area contributed by atoms with Gasteiger partial charge in [-0.05, 0) is 44.9 Å². The van der Waals surface area contributed by atoms with Crippen molar-refractivity contribution < 1.29 is 9.59 Å². The number of hydrogen-bond acceptors (Lipinski definition) is 4. The summed E-state index contributed by atoms with van der Waals surface area (Å²) in [5.41, 5.74) is 1.03. The van der Waals surface area contributed by atoms with Crippen LogP contribution in [0, 0.1) is 18.8 Å². The van der Waals surface area contributed by atoms with Gasteiger partial charge in [-0.1, -0.05) is 0 Å². The summed E-state index contributed by atoms with van der Waals surface area (Å²) in [5, 5.41) is 3.11. The van der Waals surface area contributed by atoms with Gasteiger partial charge in [-0.25, -0.2) is 4.98 Å². The lowest BCUT2D eigenvalue weighted by atomic mass is 9.99. The molecule has 3 aliphatic rings. The van der Waals surface area contributed by atoms with E-state index in [1.54, 1.807) is 11.3 Å². The minimum atomic E-state index is -0.155. The Morgan fingerprint density at radius 3 is 2.88 bits per heavy atom. The molecule has 0 bridgehead atoms. The second kappa shape index (κ2) is 6.47. The minimum absolute atomic E-state index is 0.109. The molecule has 2 atom stereocenters. The van der Waals surface area contributed by atoms with Crippen molar-refractivity contribution in [3.63, 3.8) is 0 Å². The van der Waals surface area contributed by atoms with Crippen LogP contribution in [-0.4, -0.2) is 46.2 Å². The lowest BCUT2D eigenvalue weighted by molar-refractivity contribution is -0.139. The Morgan fingerprint density at radius 2 is 2.17 bits per heavy atom. The molecule has 3 fully saturated rings. The van der Waals surface area contributed by atoms with Crippen LogP contribution in [0.25, 0.3) is 0 Å². The van der Waals surface area contributed by atoms with Gasteiger partial charge in [0, 0.05) is 37.1 Å². The summed E-state index contributed by atoms with van der Waals surface area (Å²) in [6.07, 6.45) is 6.06. The first-order valence-corrected chi connectivity index (χ1v) is 10.00. The van der Waals surface area contributed by atoms with Crippen LogP contribution in [0.3, 0.4) is 0 Å². The van der Waals surface area contributed by atoms with Gasteiger partial charge >= 0.3 is 0 Å². The number of hydrogen-bond donors (Lipinski definition) is 0. The fourth-order valence-corrected chi connectivity index (χ4v) is 4.88. The summed E-state index contributed by atoms with van der Waals surface area (Å²) in [4.78, 5) is 33.9. The highest BCUT2D eigenvalue weighted by atomic mass is 32.1. The molecule has 1 aromatic heterocycles. The molecule has 3 heterocycles. The number of likely N-dealkylation sites (tertiary alicyclic amines) is 2. The van der Waals surface area contributed by atoms with Crippen molar-refractivity contribution in [1.29, 1.82) is 0 Å². The molecule has 4 rings (SSSR count). The molecule has 24 heavy (non-hydrogen) atoms. The monoisotopic (exact) mass is 347 g/mol. The molecule has 2 aliphatic heterocycles. The van der Waals surface area contributed by atoms with Crippen LogP contribution in [-0.2, 0) is 9.59 Å². The Bertz CT molecular complexity index is 640. The molecule has 1 aliphatic carbocycles. The van der Waals surface area contributed by atoms with Crippen molar-refractivity contribution in [2.24, 2.45) is 11.8 Å². The number of carbonyl (C=O) groups is 2. The Morgan fingerprint density at radius 1 is 1.33 bits per heavy atom. The van der Waals surface area contributed by atoms with Crippen molar-refractivity contribution in [2.45, 2.75) is 51.5 Å². The van der Waals surface area contributed by atoms with Crippen molar-refractivity contribution in [3.05, 3.63) is 16.1 Å². The molecule has 6 heteroatoms. The number of carbonyl (C=O) groups excluding carboxylic acids is 2. The van der Waals surface area contributed by atoms with Gasteiger partial charge in [0.15, 0.2) is 0 Å². The maximum absolute atomic E-state index is 13.1. The first kappa shape index (κ1) is 16.1. The van der Waals surface area contributed by atoms with Crippen molar-refractivity contribution >= 4 is 23.2 Å². The fourth-order valence-electron chi connectivity index (χ4n) is 3.94. The van der Waals surface area contributed by atoms with Crippen molar-refractivity contribution in [1.82, 2.24) is 14.8 Å². The van der Waals surface area contributed by atoms with Gasteiger partial charge in [-0.15, -0.1) is 11.3 Å². The van der Waals surface area contributed by atoms with Gasteiger partial charge in [0.2, 0.25) is 11.8 Å². The van der Waals surface area contributed by atoms with E-state index in [2.05, 4.69) is 10.4 Å². The summed E-state index contributed by atoms with van der Waals surface area (Å²) in [6.45, 7) is 4.28. The second-order valence-electron chi connectivity index (χ2n) is 7.51. The number of aromatic nitrogens is 1. The van der Waals surface area contributed by atoms with Gasteiger partial charge in [0.05, 0.1) is 12.0 Å². The van der Waals surface area contributed by atoms with Crippen LogP contribution in [0.2, 0.25) is 0 Å². The topological polar surface area (TPSA) is 53.5 Å². The molecule has 0 unspecified atom stereocenters. The van der Waals surface area contributed by atoms with E-state index >= 15 is 0 Å². The zero-order valence-electron chi connectivity index (χ0n) is 14.2. The van der Waals surface area contributed by atoms with Crippen LogP contribution in [0.1, 0.15) is 55.3 Å². The van der Waals surface area contributed by atoms with E-state index < -0.39 is 0 Å². The normalized spacial score (nSPS) is 27.8. The third-order valence-corrected chi connectivity index (χ3v) is 6.51. The van der Waals surface area contributed by atoms with Gasteiger partial charge < -0.3 is 9.80 Å². The molecule has 2 amide bonds. The number of piperidine rings is 1. The van der Waals surface area contributed by atoms with E-state index in [0.29, 0.717) is 18.9 Å². The molecule has 0 spiro atoms. The SMILES string of the molecule is Cc1csc([C@H]2CCCCN2C(=O)[C@H]2CC(=O)N(CC3CC3)C2)n1.